The molecule has 0 radical (unpaired) electrons. The number of hydrogen-bond acceptors (Lipinski definition) is 6. The minimum Gasteiger partial charge on any atom is -0.454 e. The first-order chi connectivity index (χ1) is 13.6. The molecule has 2 heterocycles. The van der Waals surface area contributed by atoms with Crippen molar-refractivity contribution in [1.29, 1.82) is 0 Å². The number of benzene rings is 2. The van der Waals surface area contributed by atoms with E-state index in [1.54, 1.807) is 54.6 Å². The van der Waals surface area contributed by atoms with E-state index in [4.69, 9.17) is 24.1 Å². The molecule has 1 aliphatic rings. The van der Waals surface area contributed by atoms with Crippen molar-refractivity contribution in [2.45, 2.75) is 6.29 Å². The fourth-order valence-electron chi connectivity index (χ4n) is 2.77. The minimum absolute atomic E-state index is 0.166. The molecule has 1 amide bonds. The summed E-state index contributed by atoms with van der Waals surface area (Å²) in [5.74, 6) is 1.63. The topological polar surface area (TPSA) is 101 Å². The molecule has 0 fully saturated rings. The van der Waals surface area contributed by atoms with Crippen molar-refractivity contribution >= 4 is 17.7 Å². The lowest BCUT2D eigenvalue weighted by molar-refractivity contribution is 0.00303. The minimum atomic E-state index is -1.53. The van der Waals surface area contributed by atoms with Crippen LogP contribution in [0.15, 0.2) is 65.1 Å². The zero-order valence-electron chi connectivity index (χ0n) is 14.7. The molecule has 0 atom stereocenters. The highest BCUT2D eigenvalue weighted by atomic mass is 16.7. The summed E-state index contributed by atoms with van der Waals surface area (Å²) in [6.45, 7) is 0.191. The van der Waals surface area contributed by atoms with Crippen molar-refractivity contribution in [3.05, 3.63) is 72.0 Å². The average Bonchev–Trinajstić information content (AvgIpc) is 3.35. The lowest BCUT2D eigenvalue weighted by Gasteiger charge is -2.05. The number of amides is 1. The Bertz CT molecular complexity index is 1040. The molecule has 142 valence electrons. The maximum absolute atomic E-state index is 12.5. The van der Waals surface area contributed by atoms with Gasteiger partial charge in [0.05, 0.1) is 0 Å². The van der Waals surface area contributed by atoms with Crippen LogP contribution in [0.5, 0.6) is 11.5 Å². The van der Waals surface area contributed by atoms with Crippen molar-refractivity contribution in [1.82, 2.24) is 0 Å². The second-order valence-corrected chi connectivity index (χ2v) is 6.08. The number of aliphatic hydroxyl groups excluding tert-OH is 1. The highest BCUT2D eigenvalue weighted by molar-refractivity contribution is 6.02. The maximum atomic E-state index is 12.5. The molecule has 0 saturated carbocycles. The van der Waals surface area contributed by atoms with Gasteiger partial charge < -0.3 is 29.4 Å². The third kappa shape index (κ3) is 3.90. The standard InChI is InChI=1S/C21H17NO6/c23-20(24)9-4-13-2-1-3-15(10-13)22-21(25)18-8-7-16(28-18)14-5-6-17-19(11-14)27-12-26-17/h1-11,20,23-24H,12H2,(H,22,25)/b9-4+. The number of rotatable bonds is 5. The number of nitrogens with one attached hydrogen (secondary N) is 1. The van der Waals surface area contributed by atoms with Crippen LogP contribution in [0.3, 0.4) is 0 Å². The van der Waals surface area contributed by atoms with Gasteiger partial charge in [-0.15, -0.1) is 0 Å². The summed E-state index contributed by atoms with van der Waals surface area (Å²) in [5.41, 5.74) is 2.05. The molecule has 0 aliphatic carbocycles. The Hall–Kier alpha value is -3.55. The number of anilines is 1. The fraction of sp³-hybridized carbons (Fsp3) is 0.0952. The Morgan fingerprint density at radius 1 is 1.04 bits per heavy atom. The number of carbonyl (C=O) groups excluding carboxylic acids is 1. The molecule has 1 aliphatic heterocycles. The van der Waals surface area contributed by atoms with Gasteiger partial charge in [0.2, 0.25) is 6.79 Å². The van der Waals surface area contributed by atoms with E-state index in [1.165, 1.54) is 6.08 Å². The quantitative estimate of drug-likeness (QED) is 0.588. The Morgan fingerprint density at radius 2 is 1.89 bits per heavy atom. The Balaban J connectivity index is 1.48. The zero-order chi connectivity index (χ0) is 19.5. The van der Waals surface area contributed by atoms with Gasteiger partial charge in [-0.25, -0.2) is 0 Å². The van der Waals surface area contributed by atoms with Gasteiger partial charge in [-0.2, -0.15) is 0 Å². The lowest BCUT2D eigenvalue weighted by Crippen LogP contribution is -2.10. The van der Waals surface area contributed by atoms with Crippen LogP contribution in [0, 0.1) is 0 Å². The van der Waals surface area contributed by atoms with Gasteiger partial charge in [0, 0.05) is 11.3 Å². The second kappa shape index (κ2) is 7.59. The summed E-state index contributed by atoms with van der Waals surface area (Å²) < 4.78 is 16.3. The first-order valence-corrected chi connectivity index (χ1v) is 8.54. The third-order valence-electron chi connectivity index (χ3n) is 4.09. The van der Waals surface area contributed by atoms with E-state index < -0.39 is 12.2 Å². The highest BCUT2D eigenvalue weighted by Crippen LogP contribution is 2.36. The molecular weight excluding hydrogens is 362 g/mol. The van der Waals surface area contributed by atoms with Crippen LogP contribution < -0.4 is 14.8 Å². The Kier molecular flexibility index (Phi) is 4.84. The maximum Gasteiger partial charge on any atom is 0.291 e. The summed E-state index contributed by atoms with van der Waals surface area (Å²) in [4.78, 5) is 12.5. The van der Waals surface area contributed by atoms with E-state index in [1.807, 2.05) is 6.07 Å². The molecule has 7 nitrogen and oxygen atoms in total. The summed E-state index contributed by atoms with van der Waals surface area (Å²) >= 11 is 0. The molecule has 0 unspecified atom stereocenters. The van der Waals surface area contributed by atoms with E-state index in [9.17, 15) is 4.79 Å². The predicted octanol–water partition coefficient (Wildman–Crippen LogP) is 3.25. The molecule has 0 bridgehead atoms. The van der Waals surface area contributed by atoms with Crippen LogP contribution in [-0.2, 0) is 0 Å². The number of carbonyl (C=O) groups is 1. The van der Waals surface area contributed by atoms with Gasteiger partial charge in [0.1, 0.15) is 5.76 Å². The van der Waals surface area contributed by atoms with Crippen molar-refractivity contribution in [2.75, 3.05) is 12.1 Å². The lowest BCUT2D eigenvalue weighted by atomic mass is 10.1. The van der Waals surface area contributed by atoms with Gasteiger partial charge in [-0.3, -0.25) is 4.79 Å². The first kappa shape index (κ1) is 17.8. The second-order valence-electron chi connectivity index (χ2n) is 6.08. The van der Waals surface area contributed by atoms with E-state index in [0.29, 0.717) is 28.5 Å². The molecule has 0 spiro atoms. The highest BCUT2D eigenvalue weighted by Gasteiger charge is 2.17. The van der Waals surface area contributed by atoms with Crippen LogP contribution in [0.1, 0.15) is 16.1 Å². The van der Waals surface area contributed by atoms with Crippen LogP contribution in [0.25, 0.3) is 17.4 Å². The van der Waals surface area contributed by atoms with Crippen molar-refractivity contribution in [3.63, 3.8) is 0 Å². The summed E-state index contributed by atoms with van der Waals surface area (Å²) in [7, 11) is 0. The fourth-order valence-corrected chi connectivity index (χ4v) is 2.77. The third-order valence-corrected chi connectivity index (χ3v) is 4.09. The van der Waals surface area contributed by atoms with Crippen LogP contribution >= 0.6 is 0 Å². The number of furan rings is 1. The first-order valence-electron chi connectivity index (χ1n) is 8.54. The Labute approximate surface area is 160 Å². The van der Waals surface area contributed by atoms with E-state index >= 15 is 0 Å². The Morgan fingerprint density at radius 3 is 2.75 bits per heavy atom. The smallest absolute Gasteiger partial charge is 0.291 e. The van der Waals surface area contributed by atoms with Crippen molar-refractivity contribution < 1.29 is 28.9 Å². The largest absolute Gasteiger partial charge is 0.454 e. The molecule has 1 aromatic heterocycles. The van der Waals surface area contributed by atoms with Crippen LogP contribution in [0.2, 0.25) is 0 Å². The molecule has 28 heavy (non-hydrogen) atoms. The van der Waals surface area contributed by atoms with Gasteiger partial charge >= 0.3 is 0 Å². The monoisotopic (exact) mass is 379 g/mol. The van der Waals surface area contributed by atoms with Gasteiger partial charge in [-0.05, 0) is 54.1 Å². The predicted molar refractivity (Wildman–Crippen MR) is 102 cm³/mol. The van der Waals surface area contributed by atoms with Crippen molar-refractivity contribution in [2.24, 2.45) is 0 Å². The number of fused-ring (bicyclic) bond motifs is 1. The SMILES string of the molecule is O=C(Nc1cccc(/C=C/C(O)O)c1)c1ccc(-c2ccc3c(c2)OCO3)o1. The molecule has 7 heteroatoms. The van der Waals surface area contributed by atoms with E-state index in [0.717, 1.165) is 5.56 Å². The molecular formula is C21H17NO6. The van der Waals surface area contributed by atoms with Crippen LogP contribution in [0.4, 0.5) is 5.69 Å². The van der Waals surface area contributed by atoms with Crippen LogP contribution in [-0.4, -0.2) is 29.2 Å². The summed E-state index contributed by atoms with van der Waals surface area (Å²) in [5, 5.41) is 20.5. The number of hydrogen-bond donors (Lipinski definition) is 3. The molecule has 3 N–H and O–H groups in total. The molecule has 3 aromatic rings. The van der Waals surface area contributed by atoms with Crippen molar-refractivity contribution in [3.8, 4) is 22.8 Å². The number of ether oxygens (including phenoxy) is 2. The summed E-state index contributed by atoms with van der Waals surface area (Å²) in [6, 6.07) is 15.7. The number of aliphatic hydroxyl groups is 2. The van der Waals surface area contributed by atoms with E-state index in [2.05, 4.69) is 5.32 Å². The van der Waals surface area contributed by atoms with Gasteiger partial charge in [-0.1, -0.05) is 18.2 Å². The average molecular weight is 379 g/mol. The normalized spacial score (nSPS) is 12.7. The molecule has 0 saturated heterocycles. The van der Waals surface area contributed by atoms with E-state index in [-0.39, 0.29) is 12.6 Å². The molecule has 2 aromatic carbocycles. The van der Waals surface area contributed by atoms with Gasteiger partial charge in [0.25, 0.3) is 5.91 Å². The molecule has 4 rings (SSSR count). The van der Waals surface area contributed by atoms with Gasteiger partial charge in [0.15, 0.2) is 23.5 Å². The summed E-state index contributed by atoms with van der Waals surface area (Å²) in [6.07, 6.45) is 1.24. The zero-order valence-corrected chi connectivity index (χ0v) is 14.7.